The quantitative estimate of drug-likeness (QED) is 0.401. The van der Waals surface area contributed by atoms with Crippen LogP contribution in [0.2, 0.25) is 0 Å². The van der Waals surface area contributed by atoms with E-state index in [1.165, 1.54) is 29.3 Å². The van der Waals surface area contributed by atoms with Crippen LogP contribution in [0.5, 0.6) is 11.5 Å². The lowest BCUT2D eigenvalue weighted by atomic mass is 9.84. The Balaban J connectivity index is 1.43. The van der Waals surface area contributed by atoms with Gasteiger partial charge in [-0.05, 0) is 42.0 Å². The first-order chi connectivity index (χ1) is 19.6. The van der Waals surface area contributed by atoms with Crippen LogP contribution in [0, 0.1) is 6.92 Å². The summed E-state index contributed by atoms with van der Waals surface area (Å²) in [5, 5.41) is 5.67. The monoisotopic (exact) mass is 576 g/mol. The number of amides is 5. The van der Waals surface area contributed by atoms with E-state index in [2.05, 4.69) is 17.6 Å². The number of ether oxygens (including phenoxy) is 1. The molecule has 2 fully saturated rings. The normalized spacial score (nSPS) is 17.8. The fourth-order valence-electron chi connectivity index (χ4n) is 4.99. The highest BCUT2D eigenvalue weighted by Crippen LogP contribution is 2.35. The van der Waals surface area contributed by atoms with Gasteiger partial charge in [-0.25, -0.2) is 9.80 Å². The molecule has 0 aliphatic carbocycles. The molecular formula is C28H26N5O7S. The van der Waals surface area contributed by atoms with Gasteiger partial charge in [-0.3, -0.25) is 29.9 Å². The first kappa shape index (κ1) is 28.0. The summed E-state index contributed by atoms with van der Waals surface area (Å²) in [6, 6.07) is 21.9. The van der Waals surface area contributed by atoms with Gasteiger partial charge in [0.25, 0.3) is 27.7 Å². The third-order valence-corrected chi connectivity index (χ3v) is 8.59. The molecule has 0 atom stereocenters. The lowest BCUT2D eigenvalue weighted by Crippen LogP contribution is -2.73. The third-order valence-electron chi connectivity index (χ3n) is 6.83. The van der Waals surface area contributed by atoms with Gasteiger partial charge in [0.15, 0.2) is 0 Å². The molecule has 0 bridgehead atoms. The van der Waals surface area contributed by atoms with Crippen LogP contribution >= 0.6 is 0 Å². The van der Waals surface area contributed by atoms with Crippen molar-refractivity contribution < 1.29 is 32.3 Å². The van der Waals surface area contributed by atoms with E-state index in [-0.39, 0.29) is 36.6 Å². The minimum absolute atomic E-state index is 0.00854. The maximum atomic E-state index is 13.4. The number of para-hydroxylation sites is 1. The Morgan fingerprint density at radius 1 is 0.780 bits per heavy atom. The van der Waals surface area contributed by atoms with Crippen molar-refractivity contribution in [2.24, 2.45) is 0 Å². The Morgan fingerprint density at radius 2 is 1.29 bits per heavy atom. The first-order valence-electron chi connectivity index (χ1n) is 12.6. The summed E-state index contributed by atoms with van der Waals surface area (Å²) in [6.45, 7) is 3.22. The molecule has 5 rings (SSSR count). The summed E-state index contributed by atoms with van der Waals surface area (Å²) >= 11 is 0. The zero-order valence-electron chi connectivity index (χ0n) is 21.7. The molecule has 0 saturated carbocycles. The Bertz CT molecular complexity index is 1550. The molecule has 2 aliphatic rings. The highest BCUT2D eigenvalue weighted by atomic mass is 32.2. The molecule has 2 N–H and O–H groups in total. The summed E-state index contributed by atoms with van der Waals surface area (Å²) in [5.74, 6) is -1.59. The van der Waals surface area contributed by atoms with Crippen molar-refractivity contribution in [1.29, 1.82) is 0 Å². The maximum Gasteiger partial charge on any atom is 0.328 e. The molecule has 0 unspecified atom stereocenters. The summed E-state index contributed by atoms with van der Waals surface area (Å²) in [7, 11) is -4.26. The van der Waals surface area contributed by atoms with E-state index in [9.17, 15) is 27.6 Å². The number of urea groups is 1. The van der Waals surface area contributed by atoms with Crippen molar-refractivity contribution in [2.75, 3.05) is 26.2 Å². The molecule has 12 nitrogen and oxygen atoms in total. The predicted molar refractivity (Wildman–Crippen MR) is 145 cm³/mol. The van der Waals surface area contributed by atoms with Crippen molar-refractivity contribution in [2.45, 2.75) is 10.4 Å². The van der Waals surface area contributed by atoms with E-state index < -0.39 is 39.3 Å². The largest absolute Gasteiger partial charge is 0.457 e. The number of piperazine rings is 1. The number of benzene rings is 3. The van der Waals surface area contributed by atoms with Crippen molar-refractivity contribution >= 4 is 33.8 Å². The molecule has 0 aromatic heterocycles. The highest BCUT2D eigenvalue weighted by Gasteiger charge is 2.56. The number of nitrogens with one attached hydrogen (secondary N) is 2. The second kappa shape index (κ2) is 11.1. The van der Waals surface area contributed by atoms with Gasteiger partial charge in [-0.2, -0.15) is 12.8 Å². The Morgan fingerprint density at radius 3 is 1.83 bits per heavy atom. The first-order valence-corrected chi connectivity index (χ1v) is 14.0. The number of hydrogen-bond donors (Lipinski definition) is 2. The maximum absolute atomic E-state index is 13.4. The summed E-state index contributed by atoms with van der Waals surface area (Å²) < 4.78 is 33.0. The molecule has 3 aromatic carbocycles. The molecule has 2 heterocycles. The van der Waals surface area contributed by atoms with Gasteiger partial charge in [-0.15, -0.1) is 0 Å². The van der Waals surface area contributed by atoms with Gasteiger partial charge < -0.3 is 4.74 Å². The molecule has 1 radical (unpaired) electrons. The Labute approximate surface area is 236 Å². The summed E-state index contributed by atoms with van der Waals surface area (Å²) in [6.07, 6.45) is 0. The van der Waals surface area contributed by atoms with Crippen molar-refractivity contribution in [1.82, 2.24) is 25.0 Å². The molecule has 3 aromatic rings. The second-order valence-corrected chi connectivity index (χ2v) is 11.1. The van der Waals surface area contributed by atoms with Gasteiger partial charge >= 0.3 is 6.03 Å². The number of barbiturate groups is 1. The Hall–Kier alpha value is -4.59. The van der Waals surface area contributed by atoms with Crippen LogP contribution in [-0.2, 0) is 29.9 Å². The summed E-state index contributed by atoms with van der Waals surface area (Å²) in [5.41, 5.74) is -1.67. The zero-order chi connectivity index (χ0) is 29.2. The minimum atomic E-state index is -4.26. The number of rotatable bonds is 7. The number of carbonyl (C=O) groups excluding carboxylic acids is 4. The molecule has 13 heteroatoms. The molecule has 211 valence electrons. The van der Waals surface area contributed by atoms with Gasteiger partial charge in [-0.1, -0.05) is 48.5 Å². The van der Waals surface area contributed by atoms with E-state index >= 15 is 0 Å². The molecule has 41 heavy (non-hydrogen) atoms. The molecular weight excluding hydrogens is 550 g/mol. The number of nitrogens with zero attached hydrogens (tertiary/aromatic N) is 3. The average molecular weight is 577 g/mol. The Kier molecular flexibility index (Phi) is 7.58. The topological polar surface area (TPSA) is 145 Å². The lowest BCUT2D eigenvalue weighted by molar-refractivity contribution is -0.154. The van der Waals surface area contributed by atoms with Crippen LogP contribution in [0.4, 0.5) is 4.79 Å². The molecule has 5 amide bonds. The van der Waals surface area contributed by atoms with Crippen LogP contribution in [0.15, 0.2) is 89.8 Å². The lowest BCUT2D eigenvalue weighted by Gasteiger charge is -2.47. The minimum Gasteiger partial charge on any atom is -0.457 e. The van der Waals surface area contributed by atoms with E-state index in [1.807, 2.05) is 18.2 Å². The number of hydrogen-bond acceptors (Lipinski definition) is 9. The van der Waals surface area contributed by atoms with Gasteiger partial charge in [0.05, 0.1) is 4.90 Å². The van der Waals surface area contributed by atoms with Crippen LogP contribution in [0.3, 0.4) is 0 Å². The number of hydrazine groups is 1. The SMILES string of the molecule is [CH2]C(=O)N(N1CCN(C2(c3ccc(Oc4ccccc4)cc3)C(=O)NC(=O)NC2=O)CC1)S(=O)(=O)c1ccccc1. The van der Waals surface area contributed by atoms with E-state index in [0.717, 1.165) is 0 Å². The van der Waals surface area contributed by atoms with Crippen LogP contribution in [0.1, 0.15) is 5.56 Å². The fourth-order valence-corrected chi connectivity index (χ4v) is 6.43. The van der Waals surface area contributed by atoms with Crippen molar-refractivity contribution in [3.05, 3.63) is 97.4 Å². The van der Waals surface area contributed by atoms with Crippen LogP contribution in [0.25, 0.3) is 0 Å². The molecule has 2 saturated heterocycles. The second-order valence-electron chi connectivity index (χ2n) is 9.28. The van der Waals surface area contributed by atoms with Gasteiger partial charge in [0, 0.05) is 33.1 Å². The standard InChI is InChI=1S/C28H26N5O7S/c1-20(34)33(41(38,39)24-10-6-3-7-11-24)32-18-16-31(17-19-32)28(25(35)29-27(37)30-26(28)36)21-12-14-23(15-13-21)40-22-8-4-2-5-9-22/h2-15H,1,16-19H2,(H2,29,30,35,36,37). The average Bonchev–Trinajstić information content (AvgIpc) is 2.95. The fraction of sp³-hybridized carbons (Fsp3) is 0.179. The molecule has 0 spiro atoms. The number of carbonyl (C=O) groups is 4. The number of imide groups is 2. The highest BCUT2D eigenvalue weighted by molar-refractivity contribution is 7.89. The van der Waals surface area contributed by atoms with Crippen molar-refractivity contribution in [3.63, 3.8) is 0 Å². The summed E-state index contributed by atoms with van der Waals surface area (Å²) in [4.78, 5) is 52.7. The van der Waals surface area contributed by atoms with Crippen molar-refractivity contribution in [3.8, 4) is 11.5 Å². The van der Waals surface area contributed by atoms with Gasteiger partial charge in [0.2, 0.25) is 5.54 Å². The van der Waals surface area contributed by atoms with Gasteiger partial charge in [0.1, 0.15) is 11.5 Å². The third kappa shape index (κ3) is 5.17. The van der Waals surface area contributed by atoms with E-state index in [1.54, 1.807) is 47.4 Å². The van der Waals surface area contributed by atoms with E-state index in [0.29, 0.717) is 15.9 Å². The van der Waals surface area contributed by atoms with E-state index in [4.69, 9.17) is 4.74 Å². The van der Waals surface area contributed by atoms with Crippen LogP contribution < -0.4 is 15.4 Å². The van der Waals surface area contributed by atoms with Crippen LogP contribution in [-0.4, -0.2) is 72.7 Å². The number of sulfonamides is 1. The zero-order valence-corrected chi connectivity index (χ0v) is 22.5. The molecule has 2 aliphatic heterocycles. The predicted octanol–water partition coefficient (Wildman–Crippen LogP) is 1.62. The smallest absolute Gasteiger partial charge is 0.328 e.